The third kappa shape index (κ3) is 2.72. The smallest absolute Gasteiger partial charge is 0.253 e. The summed E-state index contributed by atoms with van der Waals surface area (Å²) in [5, 5.41) is 0. The van der Waals surface area contributed by atoms with E-state index < -0.39 is 0 Å². The summed E-state index contributed by atoms with van der Waals surface area (Å²) in [6, 6.07) is 4.48. The number of halogens is 2. The molecule has 16 heavy (non-hydrogen) atoms. The van der Waals surface area contributed by atoms with Crippen molar-refractivity contribution >= 4 is 28.5 Å². The van der Waals surface area contributed by atoms with Gasteiger partial charge < -0.3 is 4.90 Å². The Morgan fingerprint density at radius 2 is 1.88 bits per heavy atom. The first-order valence-corrected chi connectivity index (χ1v) is 6.50. The molecule has 1 aromatic carbocycles. The van der Waals surface area contributed by atoms with E-state index in [2.05, 4.69) is 0 Å². The second-order valence-corrected chi connectivity index (χ2v) is 5.26. The number of likely N-dealkylation sites (tertiary alicyclic amines) is 1. The molecule has 0 N–H and O–H groups in total. The Kier molecular flexibility index (Phi) is 3.78. The van der Waals surface area contributed by atoms with Gasteiger partial charge in [-0.25, -0.2) is 4.39 Å². The van der Waals surface area contributed by atoms with Crippen LogP contribution in [0, 0.1) is 9.39 Å². The van der Waals surface area contributed by atoms with Crippen LogP contribution in [0.5, 0.6) is 0 Å². The van der Waals surface area contributed by atoms with Gasteiger partial charge in [0.15, 0.2) is 0 Å². The van der Waals surface area contributed by atoms with Crippen molar-refractivity contribution in [3.05, 3.63) is 33.1 Å². The lowest BCUT2D eigenvalue weighted by molar-refractivity contribution is 0.0724. The highest BCUT2D eigenvalue weighted by atomic mass is 127. The minimum atomic E-state index is -0.341. The summed E-state index contributed by atoms with van der Waals surface area (Å²) in [5.41, 5.74) is 0.464. The van der Waals surface area contributed by atoms with Gasteiger partial charge in [-0.15, -0.1) is 0 Å². The van der Waals surface area contributed by atoms with E-state index in [0.29, 0.717) is 5.56 Å². The average molecular weight is 333 g/mol. The van der Waals surface area contributed by atoms with Crippen molar-refractivity contribution in [3.8, 4) is 0 Å². The second kappa shape index (κ2) is 5.12. The van der Waals surface area contributed by atoms with Gasteiger partial charge in [0.1, 0.15) is 5.82 Å². The molecular formula is C12H13FINO. The minimum Gasteiger partial charge on any atom is -0.339 e. The maximum Gasteiger partial charge on any atom is 0.253 e. The molecule has 0 radical (unpaired) electrons. The van der Waals surface area contributed by atoms with Crippen LogP contribution < -0.4 is 0 Å². The Morgan fingerprint density at radius 3 is 2.50 bits per heavy atom. The quantitative estimate of drug-likeness (QED) is 0.724. The van der Waals surface area contributed by atoms with E-state index in [0.717, 1.165) is 29.5 Å². The van der Waals surface area contributed by atoms with Crippen molar-refractivity contribution in [2.75, 3.05) is 13.1 Å². The van der Waals surface area contributed by atoms with E-state index in [4.69, 9.17) is 0 Å². The number of hydrogen-bond donors (Lipinski definition) is 0. The highest BCUT2D eigenvalue weighted by molar-refractivity contribution is 14.1. The Labute approximate surface area is 108 Å². The van der Waals surface area contributed by atoms with E-state index in [9.17, 15) is 9.18 Å². The van der Waals surface area contributed by atoms with Crippen LogP contribution in [0.3, 0.4) is 0 Å². The summed E-state index contributed by atoms with van der Waals surface area (Å²) in [4.78, 5) is 13.9. The summed E-state index contributed by atoms with van der Waals surface area (Å²) in [7, 11) is 0. The molecule has 0 unspecified atom stereocenters. The largest absolute Gasteiger partial charge is 0.339 e. The SMILES string of the molecule is O=C(c1cc(F)cc(I)c1)N1CCCCC1. The third-order valence-corrected chi connectivity index (χ3v) is 3.38. The number of amides is 1. The van der Waals surface area contributed by atoms with Crippen LogP contribution in [-0.4, -0.2) is 23.9 Å². The first-order chi connectivity index (χ1) is 7.66. The number of piperidine rings is 1. The molecule has 0 aromatic heterocycles. The van der Waals surface area contributed by atoms with Crippen LogP contribution in [0.15, 0.2) is 18.2 Å². The van der Waals surface area contributed by atoms with Crippen LogP contribution in [0.4, 0.5) is 4.39 Å². The number of hydrogen-bond acceptors (Lipinski definition) is 1. The average Bonchev–Trinajstić information content (AvgIpc) is 2.28. The molecule has 0 saturated carbocycles. The van der Waals surface area contributed by atoms with Gasteiger partial charge in [-0.1, -0.05) is 0 Å². The molecular weight excluding hydrogens is 320 g/mol. The van der Waals surface area contributed by atoms with E-state index in [1.54, 1.807) is 6.07 Å². The molecule has 4 heteroatoms. The summed E-state index contributed by atoms with van der Waals surface area (Å²) in [5.74, 6) is -0.385. The molecule has 1 aromatic rings. The Bertz CT molecular complexity index is 382. The zero-order chi connectivity index (χ0) is 11.5. The van der Waals surface area contributed by atoms with E-state index in [1.807, 2.05) is 27.5 Å². The van der Waals surface area contributed by atoms with Crippen LogP contribution in [0.1, 0.15) is 29.6 Å². The summed E-state index contributed by atoms with van der Waals surface area (Å²) in [6.07, 6.45) is 3.29. The van der Waals surface area contributed by atoms with Gasteiger partial charge in [0.2, 0.25) is 0 Å². The number of rotatable bonds is 1. The maximum absolute atomic E-state index is 13.2. The highest BCUT2D eigenvalue weighted by Crippen LogP contribution is 2.16. The zero-order valence-electron chi connectivity index (χ0n) is 8.88. The fraction of sp³-hybridized carbons (Fsp3) is 0.417. The monoisotopic (exact) mass is 333 g/mol. The van der Waals surface area contributed by atoms with Gasteiger partial charge in [0, 0.05) is 22.2 Å². The summed E-state index contributed by atoms with van der Waals surface area (Å²) < 4.78 is 13.9. The third-order valence-electron chi connectivity index (χ3n) is 2.75. The van der Waals surface area contributed by atoms with Crippen molar-refractivity contribution < 1.29 is 9.18 Å². The number of benzene rings is 1. The molecule has 1 heterocycles. The molecule has 1 fully saturated rings. The predicted octanol–water partition coefficient (Wildman–Crippen LogP) is 3.06. The summed E-state index contributed by atoms with van der Waals surface area (Å²) >= 11 is 2.02. The molecule has 0 aliphatic carbocycles. The fourth-order valence-electron chi connectivity index (χ4n) is 1.96. The lowest BCUT2D eigenvalue weighted by Gasteiger charge is -2.26. The molecule has 0 atom stereocenters. The zero-order valence-corrected chi connectivity index (χ0v) is 11.0. The highest BCUT2D eigenvalue weighted by Gasteiger charge is 2.18. The molecule has 86 valence electrons. The fourth-order valence-corrected chi connectivity index (χ4v) is 2.59. The normalized spacial score (nSPS) is 16.2. The lowest BCUT2D eigenvalue weighted by atomic mass is 10.1. The van der Waals surface area contributed by atoms with Crippen molar-refractivity contribution in [2.45, 2.75) is 19.3 Å². The van der Waals surface area contributed by atoms with Gasteiger partial charge in [0.25, 0.3) is 5.91 Å². The second-order valence-electron chi connectivity index (χ2n) is 4.01. The number of carbonyl (C=O) groups is 1. The molecule has 1 saturated heterocycles. The van der Waals surface area contributed by atoms with Crippen LogP contribution in [-0.2, 0) is 0 Å². The van der Waals surface area contributed by atoms with Crippen LogP contribution in [0.25, 0.3) is 0 Å². The van der Waals surface area contributed by atoms with Gasteiger partial charge in [-0.3, -0.25) is 4.79 Å². The van der Waals surface area contributed by atoms with Gasteiger partial charge in [0.05, 0.1) is 0 Å². The molecule has 1 amide bonds. The van der Waals surface area contributed by atoms with Crippen molar-refractivity contribution in [1.82, 2.24) is 4.90 Å². The molecule has 1 aliphatic heterocycles. The van der Waals surface area contributed by atoms with Gasteiger partial charge in [-0.2, -0.15) is 0 Å². The Hall–Kier alpha value is -0.650. The van der Waals surface area contributed by atoms with Crippen molar-refractivity contribution in [2.24, 2.45) is 0 Å². The van der Waals surface area contributed by atoms with E-state index in [-0.39, 0.29) is 11.7 Å². The number of nitrogens with zero attached hydrogens (tertiary/aromatic N) is 1. The lowest BCUT2D eigenvalue weighted by Crippen LogP contribution is -2.35. The van der Waals surface area contributed by atoms with E-state index >= 15 is 0 Å². The van der Waals surface area contributed by atoms with Crippen molar-refractivity contribution in [3.63, 3.8) is 0 Å². The first kappa shape index (κ1) is 11.8. The maximum atomic E-state index is 13.2. The van der Waals surface area contributed by atoms with Gasteiger partial charge in [-0.05, 0) is 60.1 Å². The molecule has 1 aliphatic rings. The van der Waals surface area contributed by atoms with E-state index in [1.165, 1.54) is 18.6 Å². The number of carbonyl (C=O) groups excluding carboxylic acids is 1. The Balaban J connectivity index is 2.19. The van der Waals surface area contributed by atoms with Crippen molar-refractivity contribution in [1.29, 1.82) is 0 Å². The van der Waals surface area contributed by atoms with Crippen LogP contribution in [0.2, 0.25) is 0 Å². The molecule has 0 bridgehead atoms. The predicted molar refractivity (Wildman–Crippen MR) is 68.9 cm³/mol. The topological polar surface area (TPSA) is 20.3 Å². The minimum absolute atomic E-state index is 0.0443. The van der Waals surface area contributed by atoms with Crippen LogP contribution >= 0.6 is 22.6 Å². The van der Waals surface area contributed by atoms with Gasteiger partial charge >= 0.3 is 0 Å². The molecule has 0 spiro atoms. The Morgan fingerprint density at radius 1 is 1.19 bits per heavy atom. The standard InChI is InChI=1S/C12H13FINO/c13-10-6-9(7-11(14)8-10)12(16)15-4-2-1-3-5-15/h6-8H,1-5H2. The molecule has 2 nitrogen and oxygen atoms in total. The summed E-state index contributed by atoms with van der Waals surface area (Å²) in [6.45, 7) is 1.60. The first-order valence-electron chi connectivity index (χ1n) is 5.42. The molecule has 2 rings (SSSR count).